The maximum Gasteiger partial charge on any atom is 0.221 e. The smallest absolute Gasteiger partial charge is 0.221 e. The molecule has 14 heavy (non-hydrogen) atoms. The summed E-state index contributed by atoms with van der Waals surface area (Å²) >= 11 is 0. The van der Waals surface area contributed by atoms with Crippen molar-refractivity contribution >= 4 is 11.8 Å². The van der Waals surface area contributed by atoms with Crippen LogP contribution in [0.15, 0.2) is 12.3 Å². The first-order chi connectivity index (χ1) is 6.63. The van der Waals surface area contributed by atoms with Crippen LogP contribution in [-0.4, -0.2) is 27.7 Å². The highest BCUT2D eigenvalue weighted by Crippen LogP contribution is 2.09. The van der Waals surface area contributed by atoms with Crippen LogP contribution in [0.3, 0.4) is 0 Å². The van der Waals surface area contributed by atoms with Gasteiger partial charge in [-0.25, -0.2) is 4.98 Å². The number of aliphatic hydroxyl groups excluding tert-OH is 1. The first kappa shape index (κ1) is 10.7. The molecule has 1 aromatic rings. The van der Waals surface area contributed by atoms with Crippen molar-refractivity contribution < 1.29 is 5.11 Å². The lowest BCUT2D eigenvalue weighted by atomic mass is 10.1. The third-order valence-corrected chi connectivity index (χ3v) is 2.01. The monoisotopic (exact) mass is 196 g/mol. The molecule has 78 valence electrons. The first-order valence-electron chi connectivity index (χ1n) is 4.59. The fourth-order valence-electron chi connectivity index (χ4n) is 1.07. The first-order valence-corrected chi connectivity index (χ1v) is 4.59. The van der Waals surface area contributed by atoms with Crippen LogP contribution < -0.4 is 11.1 Å². The summed E-state index contributed by atoms with van der Waals surface area (Å²) in [6.07, 6.45) is 1.58. The normalized spacial score (nSPS) is 12.9. The summed E-state index contributed by atoms with van der Waals surface area (Å²) in [5, 5.41) is 12.2. The van der Waals surface area contributed by atoms with Gasteiger partial charge in [0.05, 0.1) is 12.6 Å². The van der Waals surface area contributed by atoms with E-state index in [9.17, 15) is 0 Å². The molecule has 4 N–H and O–H groups in total. The van der Waals surface area contributed by atoms with Crippen LogP contribution in [0.4, 0.5) is 11.8 Å². The maximum absolute atomic E-state index is 9.09. The van der Waals surface area contributed by atoms with Gasteiger partial charge in [0, 0.05) is 6.20 Å². The third-order valence-electron chi connectivity index (χ3n) is 2.01. The molecule has 1 heterocycles. The van der Waals surface area contributed by atoms with Crippen LogP contribution in [0.5, 0.6) is 0 Å². The lowest BCUT2D eigenvalue weighted by Crippen LogP contribution is -2.29. The molecule has 0 saturated heterocycles. The zero-order chi connectivity index (χ0) is 10.6. The van der Waals surface area contributed by atoms with Crippen LogP contribution in [0.1, 0.15) is 13.8 Å². The van der Waals surface area contributed by atoms with Crippen LogP contribution in [0, 0.1) is 5.92 Å². The van der Waals surface area contributed by atoms with Gasteiger partial charge in [-0.1, -0.05) is 13.8 Å². The Hall–Kier alpha value is -1.36. The summed E-state index contributed by atoms with van der Waals surface area (Å²) in [6.45, 7) is 4.12. The molecule has 1 rings (SSSR count). The molecule has 1 atom stereocenters. The van der Waals surface area contributed by atoms with Crippen molar-refractivity contribution in [3.8, 4) is 0 Å². The quantitative estimate of drug-likeness (QED) is 0.652. The second-order valence-electron chi connectivity index (χ2n) is 3.48. The van der Waals surface area contributed by atoms with E-state index in [2.05, 4.69) is 15.3 Å². The number of nitrogens with zero attached hydrogens (tertiary/aromatic N) is 2. The predicted molar refractivity (Wildman–Crippen MR) is 55.8 cm³/mol. The van der Waals surface area contributed by atoms with Crippen LogP contribution in [0.25, 0.3) is 0 Å². The number of nitrogens with two attached hydrogens (primary N) is 1. The average Bonchev–Trinajstić information content (AvgIpc) is 2.14. The highest BCUT2D eigenvalue weighted by Gasteiger charge is 2.11. The molecule has 0 spiro atoms. The molecular formula is C9H16N4O. The SMILES string of the molecule is CC(C)[C@@H](CO)Nc1ccnc(N)n1. The van der Waals surface area contributed by atoms with E-state index in [0.717, 1.165) is 0 Å². The van der Waals surface area contributed by atoms with Crippen molar-refractivity contribution in [2.45, 2.75) is 19.9 Å². The summed E-state index contributed by atoms with van der Waals surface area (Å²) in [6, 6.07) is 1.71. The molecule has 0 fully saturated rings. The van der Waals surface area contributed by atoms with E-state index in [-0.39, 0.29) is 18.6 Å². The van der Waals surface area contributed by atoms with E-state index in [1.807, 2.05) is 13.8 Å². The summed E-state index contributed by atoms with van der Waals surface area (Å²) in [5.41, 5.74) is 5.43. The predicted octanol–water partition coefficient (Wildman–Crippen LogP) is 0.488. The Balaban J connectivity index is 2.67. The van der Waals surface area contributed by atoms with Gasteiger partial charge in [0.2, 0.25) is 5.95 Å². The van der Waals surface area contributed by atoms with Gasteiger partial charge in [-0.3, -0.25) is 0 Å². The van der Waals surface area contributed by atoms with Crippen molar-refractivity contribution in [2.75, 3.05) is 17.7 Å². The minimum Gasteiger partial charge on any atom is -0.394 e. The summed E-state index contributed by atoms with van der Waals surface area (Å²) in [7, 11) is 0. The number of hydrogen-bond donors (Lipinski definition) is 3. The highest BCUT2D eigenvalue weighted by molar-refractivity contribution is 5.38. The second-order valence-corrected chi connectivity index (χ2v) is 3.48. The van der Waals surface area contributed by atoms with Gasteiger partial charge < -0.3 is 16.2 Å². The van der Waals surface area contributed by atoms with Gasteiger partial charge in [-0.05, 0) is 12.0 Å². The molecule has 0 aliphatic rings. The zero-order valence-electron chi connectivity index (χ0n) is 8.44. The van der Waals surface area contributed by atoms with E-state index in [4.69, 9.17) is 10.8 Å². The molecule has 1 aromatic heterocycles. The Kier molecular flexibility index (Phi) is 3.64. The van der Waals surface area contributed by atoms with Crippen molar-refractivity contribution in [3.05, 3.63) is 12.3 Å². The van der Waals surface area contributed by atoms with Gasteiger partial charge >= 0.3 is 0 Å². The molecule has 0 saturated carbocycles. The van der Waals surface area contributed by atoms with Gasteiger partial charge in [0.15, 0.2) is 0 Å². The molecule has 0 radical (unpaired) electrons. The fraction of sp³-hybridized carbons (Fsp3) is 0.556. The van der Waals surface area contributed by atoms with Crippen LogP contribution >= 0.6 is 0 Å². The van der Waals surface area contributed by atoms with Crippen molar-refractivity contribution in [3.63, 3.8) is 0 Å². The number of hydrogen-bond acceptors (Lipinski definition) is 5. The largest absolute Gasteiger partial charge is 0.394 e. The van der Waals surface area contributed by atoms with E-state index >= 15 is 0 Å². The lowest BCUT2D eigenvalue weighted by molar-refractivity contribution is 0.249. The molecule has 0 amide bonds. The number of nitrogens with one attached hydrogen (secondary N) is 1. The Bertz CT molecular complexity index is 290. The molecular weight excluding hydrogens is 180 g/mol. The fourth-order valence-corrected chi connectivity index (χ4v) is 1.07. The van der Waals surface area contributed by atoms with Crippen molar-refractivity contribution in [1.82, 2.24) is 9.97 Å². The molecule has 0 unspecified atom stereocenters. The molecule has 0 bridgehead atoms. The minimum atomic E-state index is -0.00991. The second kappa shape index (κ2) is 4.76. The highest BCUT2D eigenvalue weighted by atomic mass is 16.3. The standard InChI is InChI=1S/C9H16N4O/c1-6(2)7(5-14)12-8-3-4-11-9(10)13-8/h3-4,6-7,14H,5H2,1-2H3,(H3,10,11,12,13)/t7-/m1/s1. The Morgan fingerprint density at radius 3 is 2.79 bits per heavy atom. The minimum absolute atomic E-state index is 0.00991. The average molecular weight is 196 g/mol. The molecule has 0 aliphatic heterocycles. The van der Waals surface area contributed by atoms with Gasteiger partial charge in [-0.15, -0.1) is 0 Å². The number of aromatic nitrogens is 2. The third kappa shape index (κ3) is 2.85. The summed E-state index contributed by atoms with van der Waals surface area (Å²) < 4.78 is 0. The van der Waals surface area contributed by atoms with Gasteiger partial charge in [0.1, 0.15) is 5.82 Å². The van der Waals surface area contributed by atoms with Crippen LogP contribution in [-0.2, 0) is 0 Å². The Labute approximate surface area is 83.4 Å². The van der Waals surface area contributed by atoms with Crippen molar-refractivity contribution in [2.24, 2.45) is 5.92 Å². The number of nitrogen functional groups attached to an aromatic ring is 1. The van der Waals surface area contributed by atoms with E-state index in [0.29, 0.717) is 11.7 Å². The number of anilines is 2. The summed E-state index contributed by atoms with van der Waals surface area (Å²) in [4.78, 5) is 7.77. The number of aliphatic hydroxyl groups is 1. The topological polar surface area (TPSA) is 84.1 Å². The van der Waals surface area contributed by atoms with E-state index in [1.165, 1.54) is 0 Å². The van der Waals surface area contributed by atoms with E-state index < -0.39 is 0 Å². The lowest BCUT2D eigenvalue weighted by Gasteiger charge is -2.20. The van der Waals surface area contributed by atoms with Gasteiger partial charge in [-0.2, -0.15) is 4.98 Å². The number of rotatable bonds is 4. The molecule has 5 heteroatoms. The van der Waals surface area contributed by atoms with Crippen molar-refractivity contribution in [1.29, 1.82) is 0 Å². The Morgan fingerprint density at radius 2 is 2.29 bits per heavy atom. The maximum atomic E-state index is 9.09. The molecule has 0 aliphatic carbocycles. The molecule has 0 aromatic carbocycles. The Morgan fingerprint density at radius 1 is 1.57 bits per heavy atom. The zero-order valence-corrected chi connectivity index (χ0v) is 8.44. The summed E-state index contributed by atoms with van der Waals surface area (Å²) in [5.74, 6) is 1.21. The molecule has 5 nitrogen and oxygen atoms in total. The van der Waals surface area contributed by atoms with Crippen LogP contribution in [0.2, 0.25) is 0 Å². The van der Waals surface area contributed by atoms with Gasteiger partial charge in [0.25, 0.3) is 0 Å². The van der Waals surface area contributed by atoms with E-state index in [1.54, 1.807) is 12.3 Å².